The van der Waals surface area contributed by atoms with E-state index in [1.54, 1.807) is 0 Å². The summed E-state index contributed by atoms with van der Waals surface area (Å²) in [4.78, 5) is 0. The topological polar surface area (TPSA) is 173 Å². The van der Waals surface area contributed by atoms with Gasteiger partial charge in [-0.1, -0.05) is 0 Å². The van der Waals surface area contributed by atoms with Crippen LogP contribution in [0.3, 0.4) is 0 Å². The minimum atomic E-state index is 0. The van der Waals surface area contributed by atoms with Gasteiger partial charge in [0.2, 0.25) is 0 Å². The molecule has 1 radical (unpaired) electrons. The number of rotatable bonds is 0. The third-order valence-corrected chi connectivity index (χ3v) is 0. The van der Waals surface area contributed by atoms with Crippen LogP contribution < -0.4 is 24.6 Å². The number of hydrogen-bond donors (Lipinski definition) is 4. The summed E-state index contributed by atoms with van der Waals surface area (Å²) in [7, 11) is 0. The Morgan fingerprint density at radius 3 is 0.500 bits per heavy atom. The molecule has 0 amide bonds. The summed E-state index contributed by atoms with van der Waals surface area (Å²) in [6, 6.07) is 0. The molecule has 0 fully saturated rings. The molecule has 0 atom stereocenters. The first kappa shape index (κ1) is 1750. The fraction of sp³-hybridized carbons (Fsp3) is 0. The van der Waals surface area contributed by atoms with Gasteiger partial charge in [-0.3, -0.25) is 0 Å². The summed E-state index contributed by atoms with van der Waals surface area (Å²) in [6.45, 7) is 0. The van der Waals surface area contributed by atoms with Crippen LogP contribution in [-0.4, -0.2) is 0 Å². The Morgan fingerprint density at radius 1 is 0.500 bits per heavy atom. The minimum Gasteiger partial charge on any atom is -0.457 e. The normalized spacial score (nSPS) is 0. The zero-order valence-corrected chi connectivity index (χ0v) is 4.65. The average molecular weight is 151 g/mol. The van der Waals surface area contributed by atoms with E-state index in [0.29, 0.717) is 0 Å². The Morgan fingerprint density at radius 2 is 0.500 bits per heavy atom. The molecule has 0 aliphatic rings. The second kappa shape index (κ2) is 972. The van der Waals surface area contributed by atoms with Crippen LogP contribution in [0.15, 0.2) is 0 Å². The molecule has 0 bridgehead atoms. The van der Waals surface area contributed by atoms with Crippen molar-refractivity contribution in [3.05, 3.63) is 0 Å². The van der Waals surface area contributed by atoms with Crippen molar-refractivity contribution in [1.82, 2.24) is 24.6 Å². The molecule has 6 heavy (non-hydrogen) atoms. The second-order valence-electron chi connectivity index (χ2n) is 0. The molecule has 0 aliphatic carbocycles. The van der Waals surface area contributed by atoms with Crippen LogP contribution >= 0.6 is 0 Å². The van der Waals surface area contributed by atoms with Gasteiger partial charge in [-0.05, 0) is 0 Å². The summed E-state index contributed by atoms with van der Waals surface area (Å²) >= 11 is 0. The van der Waals surface area contributed by atoms with Crippen LogP contribution in [0.2, 0.25) is 0 Å². The third kappa shape index (κ3) is 466. The molecular weight excluding hydrogens is 136 g/mol. The molecule has 0 heterocycles. The van der Waals surface area contributed by atoms with Crippen molar-refractivity contribution in [2.75, 3.05) is 0 Å². The molecule has 0 aromatic carbocycles. The average Bonchev–Trinajstić information content (AvgIpc) is 0. The quantitative estimate of drug-likeness (QED) is 0.275. The summed E-state index contributed by atoms with van der Waals surface area (Å²) in [6.07, 6.45) is 0. The summed E-state index contributed by atoms with van der Waals surface area (Å²) in [5.74, 6) is 0. The van der Waals surface area contributed by atoms with E-state index in [9.17, 15) is 0 Å². The van der Waals surface area contributed by atoms with E-state index in [1.807, 2.05) is 0 Å². The third-order valence-electron chi connectivity index (χ3n) is 0. The minimum absolute atomic E-state index is 0. The van der Waals surface area contributed by atoms with Gasteiger partial charge in [-0.15, -0.1) is 0 Å². The van der Waals surface area contributed by atoms with Gasteiger partial charge in [-0.25, -0.2) is 0 Å². The van der Waals surface area contributed by atoms with Crippen molar-refractivity contribution in [2.45, 2.75) is 0 Å². The van der Waals surface area contributed by atoms with Gasteiger partial charge >= 0.3 is 17.1 Å². The molecule has 0 rings (SSSR count). The van der Waals surface area contributed by atoms with Crippen molar-refractivity contribution in [2.24, 2.45) is 0 Å². The maximum atomic E-state index is 0. The molecule has 5 nitrogen and oxygen atoms in total. The molecule has 0 aromatic heterocycles. The van der Waals surface area contributed by atoms with Gasteiger partial charge in [-0.2, -0.15) is 0 Å². The van der Waals surface area contributed by atoms with E-state index in [4.69, 9.17) is 0 Å². The van der Waals surface area contributed by atoms with Crippen LogP contribution in [0.5, 0.6) is 0 Å². The van der Waals surface area contributed by atoms with Crippen molar-refractivity contribution < 1.29 is 22.5 Å². The van der Waals surface area contributed by atoms with Crippen molar-refractivity contribution in [1.29, 1.82) is 0 Å². The predicted octanol–water partition coefficient (Wildman–Crippen LogP) is -0.276. The van der Waals surface area contributed by atoms with Crippen LogP contribution in [0, 0.1) is 0 Å². The summed E-state index contributed by atoms with van der Waals surface area (Å²) < 4.78 is 0. The largest absolute Gasteiger partial charge is 2.00 e. The molecule has 0 spiro atoms. The first-order chi connectivity index (χ1) is 0. The zero-order valence-electron chi connectivity index (χ0n) is 3.71. The molecule has 0 saturated heterocycles. The van der Waals surface area contributed by atoms with Crippen molar-refractivity contribution >= 4 is 0 Å². The van der Waals surface area contributed by atoms with Gasteiger partial charge in [0.1, 0.15) is 0 Å². The van der Waals surface area contributed by atoms with Crippen molar-refractivity contribution in [3.63, 3.8) is 0 Å². The molecule has 49 valence electrons. The Kier molecular flexibility index (Phi) is 284000. The van der Waals surface area contributed by atoms with E-state index in [2.05, 4.69) is 0 Å². The van der Waals surface area contributed by atoms with Gasteiger partial charge in [0.05, 0.1) is 0 Å². The molecule has 15 N–H and O–H groups in total. The van der Waals surface area contributed by atoms with Gasteiger partial charge in [0, 0.05) is 0 Å². The van der Waals surface area contributed by atoms with E-state index < -0.39 is 0 Å². The molecular formula is H15CuN4O+3. The van der Waals surface area contributed by atoms with Crippen molar-refractivity contribution in [3.8, 4) is 0 Å². The van der Waals surface area contributed by atoms with Crippen LogP contribution in [0.1, 0.15) is 0 Å². The number of hydrogen-bond acceptors (Lipinski definition) is 4. The zero-order chi connectivity index (χ0) is 0. The summed E-state index contributed by atoms with van der Waals surface area (Å²) in [5.41, 5.74) is 0. The second-order valence-corrected chi connectivity index (χ2v) is 0. The molecule has 0 unspecified atom stereocenters. The first-order valence-corrected chi connectivity index (χ1v) is 0. The predicted molar refractivity (Wildman–Crippen MR) is 25.0 cm³/mol. The summed E-state index contributed by atoms with van der Waals surface area (Å²) in [5, 5.41) is 0. The Labute approximate surface area is 48.0 Å². The fourth-order valence-corrected chi connectivity index (χ4v) is 0. The fourth-order valence-electron chi connectivity index (χ4n) is 0. The first-order valence-electron chi connectivity index (χ1n) is 0. The van der Waals surface area contributed by atoms with E-state index in [-0.39, 0.29) is 47.1 Å². The van der Waals surface area contributed by atoms with E-state index in [1.165, 1.54) is 0 Å². The van der Waals surface area contributed by atoms with Gasteiger partial charge in [0.25, 0.3) is 0 Å². The smallest absolute Gasteiger partial charge is 0.457 e. The van der Waals surface area contributed by atoms with Crippen LogP contribution in [-0.2, 0) is 22.5 Å². The Balaban J connectivity index is 0. The van der Waals surface area contributed by atoms with Crippen LogP contribution in [0.25, 0.3) is 0 Å². The van der Waals surface area contributed by atoms with E-state index >= 15 is 0 Å². The molecule has 0 aromatic rings. The maximum Gasteiger partial charge on any atom is 2.00 e. The maximum absolute atomic E-state index is 0. The van der Waals surface area contributed by atoms with Gasteiger partial charge < -0.3 is 30.1 Å². The van der Waals surface area contributed by atoms with E-state index in [0.717, 1.165) is 0 Å². The monoisotopic (exact) mass is 150 g/mol. The SMILES string of the molecule is N.N.N.N.[Cu+2].[OH3+]. The molecule has 0 aliphatic heterocycles. The Hall–Kier alpha value is 0.319. The Bertz CT molecular complexity index is 7.51. The van der Waals surface area contributed by atoms with Gasteiger partial charge in [0.15, 0.2) is 0 Å². The standard InChI is InChI=1S/Cu.4H3N.H2O/h;4*1H3;1H2/q+2;;;;;/p+1. The molecule has 6 heteroatoms. The molecule has 0 saturated carbocycles. The van der Waals surface area contributed by atoms with Crippen LogP contribution in [0.4, 0.5) is 0 Å².